The molecular weight excluding hydrogens is 252 g/mol. The van der Waals surface area contributed by atoms with Crippen molar-refractivity contribution >= 4 is 10.9 Å². The molecule has 1 aromatic carbocycles. The molecule has 2 rings (SSSR count). The zero-order chi connectivity index (χ0) is 14.6. The van der Waals surface area contributed by atoms with Gasteiger partial charge in [-0.3, -0.25) is 4.98 Å². The molecule has 1 unspecified atom stereocenters. The minimum Gasteiger partial charge on any atom is -0.384 e. The van der Waals surface area contributed by atoms with E-state index in [0.29, 0.717) is 13.2 Å². The summed E-state index contributed by atoms with van der Waals surface area (Å²) >= 11 is 0. The molecule has 1 aromatic heterocycles. The average Bonchev–Trinajstić information content (AvgIpc) is 2.43. The third-order valence-corrected chi connectivity index (χ3v) is 3.40. The number of methoxy groups -OCH3 is 1. The van der Waals surface area contributed by atoms with E-state index in [2.05, 4.69) is 10.3 Å². The molecule has 0 aliphatic heterocycles. The molecule has 4 nitrogen and oxygen atoms in total. The summed E-state index contributed by atoms with van der Waals surface area (Å²) in [4.78, 5) is 4.47. The molecule has 0 aliphatic carbocycles. The van der Waals surface area contributed by atoms with Gasteiger partial charge in [0.05, 0.1) is 17.7 Å². The zero-order valence-corrected chi connectivity index (χ0v) is 12.3. The number of fused-ring (bicyclic) bond motifs is 1. The second-order valence-corrected chi connectivity index (χ2v) is 5.30. The molecule has 108 valence electrons. The van der Waals surface area contributed by atoms with Crippen molar-refractivity contribution < 1.29 is 9.84 Å². The zero-order valence-electron chi connectivity index (χ0n) is 12.3. The predicted octanol–water partition coefficient (Wildman–Crippen LogP) is 1.99. The lowest BCUT2D eigenvalue weighted by molar-refractivity contribution is 0.0551. The van der Waals surface area contributed by atoms with Crippen LogP contribution in [0.2, 0.25) is 0 Å². The Morgan fingerprint density at radius 1 is 1.30 bits per heavy atom. The van der Waals surface area contributed by atoms with Crippen molar-refractivity contribution in [2.45, 2.75) is 19.4 Å². The second-order valence-electron chi connectivity index (χ2n) is 5.30. The van der Waals surface area contributed by atoms with Crippen LogP contribution >= 0.6 is 0 Å². The lowest BCUT2D eigenvalue weighted by Crippen LogP contribution is -2.36. The Balaban J connectivity index is 2.16. The van der Waals surface area contributed by atoms with E-state index in [-0.39, 0.29) is 0 Å². The maximum absolute atomic E-state index is 10.6. The molecule has 4 heteroatoms. The van der Waals surface area contributed by atoms with E-state index in [1.165, 1.54) is 0 Å². The fourth-order valence-corrected chi connectivity index (χ4v) is 2.17. The van der Waals surface area contributed by atoms with Crippen LogP contribution in [-0.2, 0) is 10.3 Å². The average molecular weight is 274 g/mol. The van der Waals surface area contributed by atoms with E-state index in [0.717, 1.165) is 28.7 Å². The highest BCUT2D eigenvalue weighted by Gasteiger charge is 2.22. The summed E-state index contributed by atoms with van der Waals surface area (Å²) < 4.78 is 4.98. The first-order chi connectivity index (χ1) is 9.53. The van der Waals surface area contributed by atoms with E-state index < -0.39 is 5.60 Å². The van der Waals surface area contributed by atoms with Crippen LogP contribution in [0.1, 0.15) is 18.2 Å². The fraction of sp³-hybridized carbons (Fsp3) is 0.438. The normalized spacial score (nSPS) is 14.4. The Hall–Kier alpha value is -1.49. The van der Waals surface area contributed by atoms with E-state index in [1.807, 2.05) is 44.2 Å². The second kappa shape index (κ2) is 6.31. The van der Waals surface area contributed by atoms with Crippen LogP contribution in [0.25, 0.3) is 10.9 Å². The highest BCUT2D eigenvalue weighted by Crippen LogP contribution is 2.23. The smallest absolute Gasteiger partial charge is 0.0992 e. The summed E-state index contributed by atoms with van der Waals surface area (Å²) in [7, 11) is 1.66. The molecule has 0 bridgehead atoms. The van der Waals surface area contributed by atoms with E-state index in [1.54, 1.807) is 7.11 Å². The van der Waals surface area contributed by atoms with Gasteiger partial charge in [-0.25, -0.2) is 0 Å². The van der Waals surface area contributed by atoms with Crippen LogP contribution < -0.4 is 5.32 Å². The maximum Gasteiger partial charge on any atom is 0.0992 e. The van der Waals surface area contributed by atoms with Crippen LogP contribution in [0.15, 0.2) is 30.3 Å². The van der Waals surface area contributed by atoms with Gasteiger partial charge in [0.25, 0.3) is 0 Å². The summed E-state index contributed by atoms with van der Waals surface area (Å²) in [6.45, 7) is 5.64. The maximum atomic E-state index is 10.6. The molecule has 2 N–H and O–H groups in total. The molecule has 0 spiro atoms. The number of aliphatic hydroxyl groups is 1. The molecule has 0 saturated heterocycles. The number of hydrogen-bond acceptors (Lipinski definition) is 4. The van der Waals surface area contributed by atoms with Gasteiger partial charge in [0.1, 0.15) is 0 Å². The minimum absolute atomic E-state index is 0.487. The van der Waals surface area contributed by atoms with Crippen molar-refractivity contribution in [3.8, 4) is 0 Å². The number of ether oxygens (including phenoxy) is 1. The topological polar surface area (TPSA) is 54.4 Å². The Morgan fingerprint density at radius 3 is 2.85 bits per heavy atom. The summed E-state index contributed by atoms with van der Waals surface area (Å²) in [5.41, 5.74) is 1.93. The van der Waals surface area contributed by atoms with Gasteiger partial charge in [-0.15, -0.1) is 0 Å². The number of rotatable bonds is 6. The van der Waals surface area contributed by atoms with Crippen molar-refractivity contribution in [2.24, 2.45) is 0 Å². The van der Waals surface area contributed by atoms with E-state index in [4.69, 9.17) is 4.74 Å². The highest BCUT2D eigenvalue weighted by molar-refractivity contribution is 5.79. The minimum atomic E-state index is -0.910. The van der Waals surface area contributed by atoms with Crippen molar-refractivity contribution in [2.75, 3.05) is 26.8 Å². The largest absolute Gasteiger partial charge is 0.384 e. The summed E-state index contributed by atoms with van der Waals surface area (Å²) in [5.74, 6) is 0. The molecule has 0 amide bonds. The standard InChI is InChI=1S/C16H22N2O2/c1-12-4-5-13-10-14(6-7-15(13)18-12)16(2,19)11-17-8-9-20-3/h4-7,10,17,19H,8-9,11H2,1-3H3. The molecule has 0 fully saturated rings. The fourth-order valence-electron chi connectivity index (χ4n) is 2.17. The van der Waals surface area contributed by atoms with Crippen molar-refractivity contribution in [1.82, 2.24) is 10.3 Å². The van der Waals surface area contributed by atoms with E-state index in [9.17, 15) is 5.11 Å². The van der Waals surface area contributed by atoms with Crippen LogP contribution in [0, 0.1) is 6.92 Å². The molecule has 20 heavy (non-hydrogen) atoms. The molecule has 0 aliphatic rings. The van der Waals surface area contributed by atoms with E-state index >= 15 is 0 Å². The van der Waals surface area contributed by atoms with Gasteiger partial charge < -0.3 is 15.2 Å². The number of benzene rings is 1. The van der Waals surface area contributed by atoms with Gasteiger partial charge in [0.15, 0.2) is 0 Å². The number of nitrogens with one attached hydrogen (secondary N) is 1. The molecule has 0 radical (unpaired) electrons. The van der Waals surface area contributed by atoms with Gasteiger partial charge in [0, 0.05) is 31.3 Å². The number of aromatic nitrogens is 1. The third-order valence-electron chi connectivity index (χ3n) is 3.40. The molecule has 1 heterocycles. The number of pyridine rings is 1. The monoisotopic (exact) mass is 274 g/mol. The summed E-state index contributed by atoms with van der Waals surface area (Å²) in [6.07, 6.45) is 0. The molecule has 1 atom stereocenters. The first-order valence-corrected chi connectivity index (χ1v) is 6.83. The van der Waals surface area contributed by atoms with Crippen molar-refractivity contribution in [3.05, 3.63) is 41.6 Å². The Morgan fingerprint density at radius 2 is 2.10 bits per heavy atom. The van der Waals surface area contributed by atoms with Gasteiger partial charge in [0.2, 0.25) is 0 Å². The SMILES string of the molecule is COCCNCC(C)(O)c1ccc2nc(C)ccc2c1. The molecular formula is C16H22N2O2. The van der Waals surface area contributed by atoms with Crippen molar-refractivity contribution in [1.29, 1.82) is 0 Å². The molecule has 0 saturated carbocycles. The number of nitrogens with zero attached hydrogens (tertiary/aromatic N) is 1. The number of hydrogen-bond donors (Lipinski definition) is 2. The van der Waals surface area contributed by atoms with Crippen LogP contribution in [0.4, 0.5) is 0 Å². The van der Waals surface area contributed by atoms with Crippen LogP contribution in [0.5, 0.6) is 0 Å². The first kappa shape index (κ1) is 14.9. The Kier molecular flexibility index (Phi) is 4.70. The lowest BCUT2D eigenvalue weighted by Gasteiger charge is -2.24. The van der Waals surface area contributed by atoms with Gasteiger partial charge in [-0.1, -0.05) is 12.1 Å². The first-order valence-electron chi connectivity index (χ1n) is 6.83. The Bertz CT molecular complexity index is 582. The number of aryl methyl sites for hydroxylation is 1. The lowest BCUT2D eigenvalue weighted by atomic mass is 9.94. The summed E-state index contributed by atoms with van der Waals surface area (Å²) in [5, 5.41) is 14.8. The third kappa shape index (κ3) is 3.54. The van der Waals surface area contributed by atoms with Gasteiger partial charge in [-0.05, 0) is 37.6 Å². The predicted molar refractivity (Wildman–Crippen MR) is 80.8 cm³/mol. The van der Waals surface area contributed by atoms with Gasteiger partial charge in [-0.2, -0.15) is 0 Å². The van der Waals surface area contributed by atoms with Crippen molar-refractivity contribution in [3.63, 3.8) is 0 Å². The quantitative estimate of drug-likeness (QED) is 0.791. The van der Waals surface area contributed by atoms with Crippen LogP contribution in [-0.4, -0.2) is 36.9 Å². The van der Waals surface area contributed by atoms with Gasteiger partial charge >= 0.3 is 0 Å². The Labute approximate surface area is 119 Å². The molecule has 2 aromatic rings. The van der Waals surface area contributed by atoms with Crippen LogP contribution in [0.3, 0.4) is 0 Å². The highest BCUT2D eigenvalue weighted by atomic mass is 16.5. The summed E-state index contributed by atoms with van der Waals surface area (Å²) in [6, 6.07) is 9.92.